The average molecular weight is 544 g/mol. The number of amides is 3. The fraction of sp³-hybridized carbons (Fsp3) is 0.381. The number of sulfonamides is 1. The first-order chi connectivity index (χ1) is 16.4. The molecule has 1 aromatic heterocycles. The van der Waals surface area contributed by atoms with E-state index in [0.717, 1.165) is 23.7 Å². The summed E-state index contributed by atoms with van der Waals surface area (Å²) in [6.45, 7) is 1.85. The van der Waals surface area contributed by atoms with Gasteiger partial charge in [-0.1, -0.05) is 6.07 Å². The van der Waals surface area contributed by atoms with Crippen LogP contribution in [-0.2, 0) is 29.4 Å². The Balaban J connectivity index is 1.63. The molecule has 2 N–H and O–H groups in total. The van der Waals surface area contributed by atoms with E-state index in [4.69, 9.17) is 0 Å². The Bertz CT molecular complexity index is 1330. The monoisotopic (exact) mass is 543 g/mol. The highest BCUT2D eigenvalue weighted by molar-refractivity contribution is 7.91. The Morgan fingerprint density at radius 1 is 1.09 bits per heavy atom. The summed E-state index contributed by atoms with van der Waals surface area (Å²) >= 11 is 1.12. The van der Waals surface area contributed by atoms with Crippen LogP contribution in [-0.4, -0.2) is 65.0 Å². The van der Waals surface area contributed by atoms with Gasteiger partial charge >= 0.3 is 6.09 Å². The van der Waals surface area contributed by atoms with Crippen LogP contribution in [0.5, 0.6) is 0 Å². The van der Waals surface area contributed by atoms with Crippen molar-refractivity contribution in [2.24, 2.45) is 5.92 Å². The second kappa shape index (κ2) is 10.8. The van der Waals surface area contributed by atoms with Crippen LogP contribution < -0.4 is 10.6 Å². The van der Waals surface area contributed by atoms with Crippen LogP contribution in [0, 0.1) is 5.92 Å². The standard InChI is InChI=1S/C21H25N3O8S3/c1-3-32-21(27)23-19(26)17-9-12-33-20(17)22-18(25)14-7-10-24(11-8-14)35(30,31)16-6-4-5-15(13-16)34(2,28)29/h4-6,9,12-14H,3,7-8,10-11H2,1-2H3,(H,22,25)(H,23,26,27). The minimum atomic E-state index is -3.94. The first-order valence-electron chi connectivity index (χ1n) is 10.6. The molecule has 1 fully saturated rings. The molecular formula is C21H25N3O8S3. The number of carbonyl (C=O) groups is 3. The molecule has 0 spiro atoms. The van der Waals surface area contributed by atoms with E-state index >= 15 is 0 Å². The van der Waals surface area contributed by atoms with E-state index in [1.54, 1.807) is 12.3 Å². The maximum Gasteiger partial charge on any atom is 0.414 e. The molecule has 3 rings (SSSR count). The van der Waals surface area contributed by atoms with E-state index in [1.165, 1.54) is 28.6 Å². The first-order valence-corrected chi connectivity index (χ1v) is 14.8. The van der Waals surface area contributed by atoms with Gasteiger partial charge in [-0.3, -0.25) is 14.9 Å². The van der Waals surface area contributed by atoms with Gasteiger partial charge in [-0.15, -0.1) is 11.3 Å². The quantitative estimate of drug-likeness (QED) is 0.538. The molecule has 0 radical (unpaired) electrons. The predicted molar refractivity (Wildman–Crippen MR) is 128 cm³/mol. The minimum Gasteiger partial charge on any atom is -0.450 e. The summed E-state index contributed by atoms with van der Waals surface area (Å²) < 4.78 is 55.5. The number of carbonyl (C=O) groups excluding carboxylic acids is 3. The number of rotatable bonds is 7. The zero-order valence-corrected chi connectivity index (χ0v) is 21.5. The Morgan fingerprint density at radius 3 is 2.37 bits per heavy atom. The number of imide groups is 1. The number of nitrogens with zero attached hydrogens (tertiary/aromatic N) is 1. The lowest BCUT2D eigenvalue weighted by Crippen LogP contribution is -2.41. The first kappa shape index (κ1) is 26.8. The van der Waals surface area contributed by atoms with E-state index in [2.05, 4.69) is 15.4 Å². The predicted octanol–water partition coefficient (Wildman–Crippen LogP) is 2.08. The third-order valence-electron chi connectivity index (χ3n) is 5.33. The Hall–Kier alpha value is -2.81. The number of alkyl carbamates (subject to hydrolysis) is 1. The molecule has 0 atom stereocenters. The molecule has 2 heterocycles. The van der Waals surface area contributed by atoms with E-state index in [9.17, 15) is 31.2 Å². The van der Waals surface area contributed by atoms with Gasteiger partial charge < -0.3 is 10.1 Å². The summed E-state index contributed by atoms with van der Waals surface area (Å²) in [5.41, 5.74) is 0.113. The molecule has 190 valence electrons. The second-order valence-electron chi connectivity index (χ2n) is 7.75. The van der Waals surface area contributed by atoms with Gasteiger partial charge in [-0.05, 0) is 49.4 Å². The minimum absolute atomic E-state index is 0.0736. The van der Waals surface area contributed by atoms with Crippen LogP contribution in [0.1, 0.15) is 30.1 Å². The van der Waals surface area contributed by atoms with Crippen molar-refractivity contribution >= 4 is 54.1 Å². The Kier molecular flexibility index (Phi) is 8.30. The molecule has 0 saturated carbocycles. The van der Waals surface area contributed by atoms with Crippen LogP contribution in [0.4, 0.5) is 9.80 Å². The lowest BCUT2D eigenvalue weighted by atomic mass is 9.97. The third kappa shape index (κ3) is 6.45. The van der Waals surface area contributed by atoms with Crippen LogP contribution in [0.2, 0.25) is 0 Å². The molecule has 14 heteroatoms. The largest absolute Gasteiger partial charge is 0.450 e. The van der Waals surface area contributed by atoms with Crippen molar-refractivity contribution in [1.29, 1.82) is 0 Å². The van der Waals surface area contributed by atoms with Crippen molar-refractivity contribution in [2.45, 2.75) is 29.6 Å². The van der Waals surface area contributed by atoms with Gasteiger partial charge in [-0.25, -0.2) is 21.6 Å². The van der Waals surface area contributed by atoms with Gasteiger partial charge in [0.05, 0.1) is 22.0 Å². The van der Waals surface area contributed by atoms with Crippen molar-refractivity contribution in [2.75, 3.05) is 31.3 Å². The lowest BCUT2D eigenvalue weighted by Gasteiger charge is -2.30. The molecule has 0 bridgehead atoms. The molecule has 2 aromatic rings. The Morgan fingerprint density at radius 2 is 1.74 bits per heavy atom. The van der Waals surface area contributed by atoms with E-state index in [0.29, 0.717) is 0 Å². The van der Waals surface area contributed by atoms with Crippen LogP contribution in [0.25, 0.3) is 0 Å². The molecule has 11 nitrogen and oxygen atoms in total. The van der Waals surface area contributed by atoms with Gasteiger partial charge in [0.15, 0.2) is 9.84 Å². The summed E-state index contributed by atoms with van der Waals surface area (Å²) in [5, 5.41) is 6.62. The highest BCUT2D eigenvalue weighted by Crippen LogP contribution is 2.28. The van der Waals surface area contributed by atoms with E-state index in [-0.39, 0.29) is 58.8 Å². The smallest absolute Gasteiger partial charge is 0.414 e. The molecule has 3 amide bonds. The van der Waals surface area contributed by atoms with Gasteiger partial charge in [0.1, 0.15) is 5.00 Å². The highest BCUT2D eigenvalue weighted by Gasteiger charge is 2.33. The molecule has 35 heavy (non-hydrogen) atoms. The van der Waals surface area contributed by atoms with Crippen molar-refractivity contribution in [3.05, 3.63) is 41.3 Å². The molecule has 0 unspecified atom stereocenters. The number of hydrogen-bond donors (Lipinski definition) is 2. The van der Waals surface area contributed by atoms with Crippen molar-refractivity contribution in [1.82, 2.24) is 9.62 Å². The number of anilines is 1. The molecular weight excluding hydrogens is 518 g/mol. The van der Waals surface area contributed by atoms with Gasteiger partial charge in [-0.2, -0.15) is 4.31 Å². The molecule has 1 aromatic carbocycles. The number of piperidine rings is 1. The van der Waals surface area contributed by atoms with Crippen molar-refractivity contribution in [3.63, 3.8) is 0 Å². The van der Waals surface area contributed by atoms with Crippen LogP contribution >= 0.6 is 11.3 Å². The summed E-state index contributed by atoms with van der Waals surface area (Å²) in [6, 6.07) is 6.64. The number of ether oxygens (including phenoxy) is 1. The van der Waals surface area contributed by atoms with Gasteiger partial charge in [0.2, 0.25) is 15.9 Å². The molecule has 1 saturated heterocycles. The highest BCUT2D eigenvalue weighted by atomic mass is 32.2. The lowest BCUT2D eigenvalue weighted by molar-refractivity contribution is -0.120. The normalized spacial score (nSPS) is 15.4. The summed E-state index contributed by atoms with van der Waals surface area (Å²) in [5.74, 6) is -1.57. The summed E-state index contributed by atoms with van der Waals surface area (Å²) in [6.07, 6.45) is 0.596. The van der Waals surface area contributed by atoms with Gasteiger partial charge in [0, 0.05) is 25.3 Å². The average Bonchev–Trinajstić information content (AvgIpc) is 3.27. The van der Waals surface area contributed by atoms with Crippen LogP contribution in [0.15, 0.2) is 45.5 Å². The fourth-order valence-corrected chi connectivity index (χ4v) is 6.54. The number of sulfone groups is 1. The van der Waals surface area contributed by atoms with Crippen LogP contribution in [0.3, 0.4) is 0 Å². The maximum atomic E-state index is 13.0. The van der Waals surface area contributed by atoms with Crippen molar-refractivity contribution in [3.8, 4) is 0 Å². The number of thiophene rings is 1. The van der Waals surface area contributed by atoms with E-state index < -0.39 is 37.8 Å². The SMILES string of the molecule is CCOC(=O)NC(=O)c1ccsc1NC(=O)C1CCN(S(=O)(=O)c2cccc(S(C)(=O)=O)c2)CC1. The molecule has 1 aliphatic rings. The maximum absolute atomic E-state index is 13.0. The topological polar surface area (TPSA) is 156 Å². The molecule has 0 aliphatic carbocycles. The fourth-order valence-electron chi connectivity index (χ4n) is 3.50. The zero-order chi connectivity index (χ0) is 25.8. The van der Waals surface area contributed by atoms with Gasteiger partial charge in [0.25, 0.3) is 5.91 Å². The van der Waals surface area contributed by atoms with Crippen molar-refractivity contribution < 1.29 is 36.0 Å². The summed E-state index contributed by atoms with van der Waals surface area (Å²) in [4.78, 5) is 36.3. The number of benzene rings is 1. The molecule has 1 aliphatic heterocycles. The Labute approximate surface area is 207 Å². The zero-order valence-electron chi connectivity index (χ0n) is 19.0. The second-order valence-corrected chi connectivity index (χ2v) is 12.6. The number of nitrogens with one attached hydrogen (secondary N) is 2. The summed E-state index contributed by atoms with van der Waals surface area (Å²) in [7, 11) is -7.51. The number of hydrogen-bond acceptors (Lipinski definition) is 9. The third-order valence-corrected chi connectivity index (χ3v) is 9.17. The van der Waals surface area contributed by atoms with E-state index in [1.807, 2.05) is 0 Å².